The van der Waals surface area contributed by atoms with E-state index in [1.807, 2.05) is 73.7 Å². The van der Waals surface area contributed by atoms with Crippen molar-refractivity contribution in [3.05, 3.63) is 101 Å². The van der Waals surface area contributed by atoms with E-state index in [-0.39, 0.29) is 11.9 Å². The van der Waals surface area contributed by atoms with Gasteiger partial charge in [-0.3, -0.25) is 9.71 Å². The Balaban J connectivity index is 1.62. The first-order valence-electron chi connectivity index (χ1n) is 10.9. The van der Waals surface area contributed by atoms with E-state index in [0.717, 1.165) is 22.4 Å². The molecule has 0 fully saturated rings. The molecule has 1 unspecified atom stereocenters. The largest absolute Gasteiger partial charge is 0.323 e. The molecule has 1 aliphatic heterocycles. The SMILES string of the molecule is CCc1ccccc1NS(=O)(=O)NC(=NC)N1CC(c2ccccc2)C(c2ccc(Cl)cc2)=N1. The number of hydrogen-bond donors (Lipinski definition) is 2. The van der Waals surface area contributed by atoms with Crippen LogP contribution in [0.1, 0.15) is 29.5 Å². The van der Waals surface area contributed by atoms with Gasteiger partial charge in [-0.05, 0) is 41.3 Å². The minimum atomic E-state index is -3.94. The summed E-state index contributed by atoms with van der Waals surface area (Å²) in [7, 11) is -2.41. The second kappa shape index (κ2) is 10.3. The maximum atomic E-state index is 12.9. The number of nitrogens with one attached hydrogen (secondary N) is 2. The molecule has 0 aromatic heterocycles. The standard InChI is InChI=1S/C25H26ClN5O2S/c1-3-18-9-7-8-12-23(18)29-34(32,33)30-25(27-2)31-17-22(19-10-5-4-6-11-19)24(28-31)20-13-15-21(26)16-14-20/h4-16,22,29H,3,17H2,1-2H3,(H,27,30). The lowest BCUT2D eigenvalue weighted by molar-refractivity contribution is 0.462. The van der Waals surface area contributed by atoms with Gasteiger partial charge in [0.15, 0.2) is 0 Å². The first kappa shape index (κ1) is 23.8. The summed E-state index contributed by atoms with van der Waals surface area (Å²) in [5.74, 6) is 0.0591. The van der Waals surface area contributed by atoms with Gasteiger partial charge in [0, 0.05) is 18.0 Å². The maximum absolute atomic E-state index is 12.9. The lowest BCUT2D eigenvalue weighted by atomic mass is 9.91. The number of nitrogens with zero attached hydrogens (tertiary/aromatic N) is 3. The van der Waals surface area contributed by atoms with Gasteiger partial charge < -0.3 is 0 Å². The lowest BCUT2D eigenvalue weighted by Gasteiger charge is -2.20. The minimum Gasteiger partial charge on any atom is -0.266 e. The Morgan fingerprint density at radius 2 is 1.74 bits per heavy atom. The molecule has 34 heavy (non-hydrogen) atoms. The van der Waals surface area contributed by atoms with Gasteiger partial charge in [0.25, 0.3) is 0 Å². The molecule has 2 N–H and O–H groups in total. The Morgan fingerprint density at radius 3 is 2.41 bits per heavy atom. The van der Waals surface area contributed by atoms with Crippen LogP contribution in [0.2, 0.25) is 5.02 Å². The number of rotatable bonds is 6. The van der Waals surface area contributed by atoms with E-state index in [2.05, 4.69) is 14.4 Å². The molecule has 0 amide bonds. The van der Waals surface area contributed by atoms with Crippen molar-refractivity contribution < 1.29 is 8.42 Å². The summed E-state index contributed by atoms with van der Waals surface area (Å²) in [6, 6.07) is 24.7. The summed E-state index contributed by atoms with van der Waals surface area (Å²) in [6.45, 7) is 2.41. The number of aliphatic imine (C=N–C) groups is 1. The molecule has 7 nitrogen and oxygen atoms in total. The molecule has 1 aliphatic rings. The van der Waals surface area contributed by atoms with Crippen molar-refractivity contribution in [1.29, 1.82) is 0 Å². The number of halogens is 1. The molecule has 0 saturated heterocycles. The second-order valence-corrected chi connectivity index (χ2v) is 9.65. The van der Waals surface area contributed by atoms with E-state index in [1.165, 1.54) is 7.05 Å². The van der Waals surface area contributed by atoms with E-state index < -0.39 is 10.2 Å². The summed E-state index contributed by atoms with van der Waals surface area (Å²) in [6.07, 6.45) is 0.701. The molecule has 3 aromatic carbocycles. The van der Waals surface area contributed by atoms with Crippen LogP contribution >= 0.6 is 11.6 Å². The second-order valence-electron chi connectivity index (χ2n) is 7.80. The molecule has 176 valence electrons. The molecule has 0 bridgehead atoms. The minimum absolute atomic E-state index is 0.0718. The van der Waals surface area contributed by atoms with Crippen LogP contribution in [0.3, 0.4) is 0 Å². The Labute approximate surface area is 205 Å². The quantitative estimate of drug-likeness (QED) is 0.386. The van der Waals surface area contributed by atoms with Crippen LogP contribution in [0, 0.1) is 0 Å². The first-order chi connectivity index (χ1) is 16.4. The number of hydrazone groups is 1. The lowest BCUT2D eigenvalue weighted by Crippen LogP contribution is -2.43. The molecule has 0 radical (unpaired) electrons. The van der Waals surface area contributed by atoms with Crippen molar-refractivity contribution in [2.45, 2.75) is 19.3 Å². The molecule has 3 aromatic rings. The maximum Gasteiger partial charge on any atom is 0.323 e. The molecule has 9 heteroatoms. The van der Waals surface area contributed by atoms with Crippen molar-refractivity contribution >= 4 is 39.2 Å². The van der Waals surface area contributed by atoms with Crippen molar-refractivity contribution in [3.8, 4) is 0 Å². The predicted molar refractivity (Wildman–Crippen MR) is 139 cm³/mol. The topological polar surface area (TPSA) is 86.2 Å². The summed E-state index contributed by atoms with van der Waals surface area (Å²) >= 11 is 6.08. The van der Waals surface area contributed by atoms with Crippen LogP contribution in [-0.4, -0.2) is 38.7 Å². The van der Waals surface area contributed by atoms with Crippen molar-refractivity contribution in [2.75, 3.05) is 18.3 Å². The van der Waals surface area contributed by atoms with Gasteiger partial charge in [0.05, 0.1) is 17.9 Å². The van der Waals surface area contributed by atoms with E-state index in [9.17, 15) is 8.42 Å². The highest BCUT2D eigenvalue weighted by molar-refractivity contribution is 7.91. The zero-order valence-corrected chi connectivity index (χ0v) is 20.5. The number of anilines is 1. The highest BCUT2D eigenvalue weighted by Crippen LogP contribution is 2.29. The van der Waals surface area contributed by atoms with Crippen molar-refractivity contribution in [2.24, 2.45) is 10.1 Å². The molecule has 4 rings (SSSR count). The zero-order valence-electron chi connectivity index (χ0n) is 18.9. The third-order valence-corrected chi connectivity index (χ3v) is 6.77. The Hall–Kier alpha value is -3.36. The monoisotopic (exact) mass is 495 g/mol. The predicted octanol–water partition coefficient (Wildman–Crippen LogP) is 4.64. The summed E-state index contributed by atoms with van der Waals surface area (Å²) in [5, 5.41) is 6.99. The number of hydrogen-bond acceptors (Lipinski definition) is 4. The van der Waals surface area contributed by atoms with E-state index in [4.69, 9.17) is 16.7 Å². The fourth-order valence-corrected chi connectivity index (χ4v) is 5.00. The first-order valence-corrected chi connectivity index (χ1v) is 12.8. The number of guanidine groups is 1. The number of aryl methyl sites for hydroxylation is 1. The Bertz CT molecular complexity index is 1310. The normalized spacial score (nSPS) is 16.3. The highest BCUT2D eigenvalue weighted by atomic mass is 35.5. The van der Waals surface area contributed by atoms with E-state index in [0.29, 0.717) is 23.7 Å². The molecule has 1 heterocycles. The van der Waals surface area contributed by atoms with Crippen LogP contribution in [-0.2, 0) is 16.6 Å². The molecule has 1 atom stereocenters. The molecule has 0 saturated carbocycles. The van der Waals surface area contributed by atoms with Crippen LogP contribution < -0.4 is 9.44 Å². The van der Waals surface area contributed by atoms with Gasteiger partial charge in [-0.25, -0.2) is 9.73 Å². The average molecular weight is 496 g/mol. The fraction of sp³-hybridized carbons (Fsp3) is 0.200. The number of benzene rings is 3. The molecule has 0 spiro atoms. The fourth-order valence-electron chi connectivity index (χ4n) is 3.89. The van der Waals surface area contributed by atoms with Crippen LogP contribution in [0.15, 0.2) is 89.0 Å². The highest BCUT2D eigenvalue weighted by Gasteiger charge is 2.32. The van der Waals surface area contributed by atoms with Crippen molar-refractivity contribution in [1.82, 2.24) is 9.73 Å². The van der Waals surface area contributed by atoms with Gasteiger partial charge in [-0.15, -0.1) is 0 Å². The Kier molecular flexibility index (Phi) is 7.19. The third kappa shape index (κ3) is 5.40. The van der Waals surface area contributed by atoms with E-state index >= 15 is 0 Å². The number of para-hydroxylation sites is 1. The molecule has 0 aliphatic carbocycles. The van der Waals surface area contributed by atoms with Gasteiger partial charge in [-0.1, -0.05) is 79.2 Å². The summed E-state index contributed by atoms with van der Waals surface area (Å²) in [4.78, 5) is 4.19. The third-order valence-electron chi connectivity index (χ3n) is 5.58. The summed E-state index contributed by atoms with van der Waals surface area (Å²) < 4.78 is 31.0. The molecular weight excluding hydrogens is 470 g/mol. The molecular formula is C25H26ClN5O2S. The van der Waals surface area contributed by atoms with Gasteiger partial charge in [-0.2, -0.15) is 13.5 Å². The smallest absolute Gasteiger partial charge is 0.266 e. The van der Waals surface area contributed by atoms with Gasteiger partial charge in [0.1, 0.15) is 0 Å². The van der Waals surface area contributed by atoms with Crippen LogP contribution in [0.4, 0.5) is 5.69 Å². The Morgan fingerprint density at radius 1 is 1.06 bits per heavy atom. The van der Waals surface area contributed by atoms with E-state index in [1.54, 1.807) is 17.1 Å². The van der Waals surface area contributed by atoms with Gasteiger partial charge >= 0.3 is 10.2 Å². The van der Waals surface area contributed by atoms with Gasteiger partial charge in [0.2, 0.25) is 5.96 Å². The van der Waals surface area contributed by atoms with Crippen LogP contribution in [0.5, 0.6) is 0 Å². The zero-order chi connectivity index (χ0) is 24.1. The van der Waals surface area contributed by atoms with Crippen LogP contribution in [0.25, 0.3) is 0 Å². The van der Waals surface area contributed by atoms with Crippen molar-refractivity contribution in [3.63, 3.8) is 0 Å². The summed E-state index contributed by atoms with van der Waals surface area (Å²) in [5.41, 5.74) is 4.23. The average Bonchev–Trinajstić information content (AvgIpc) is 3.29.